The van der Waals surface area contributed by atoms with Crippen LogP contribution in [0.1, 0.15) is 32.1 Å². The number of benzene rings is 1. The fourth-order valence-corrected chi connectivity index (χ4v) is 3.75. The molecule has 0 aromatic heterocycles. The van der Waals surface area contributed by atoms with Gasteiger partial charge >= 0.3 is 5.97 Å². The highest BCUT2D eigenvalue weighted by molar-refractivity contribution is 8.14. The lowest BCUT2D eigenvalue weighted by Gasteiger charge is -2.21. The molecule has 3 N–H and O–H groups in total. The van der Waals surface area contributed by atoms with Crippen LogP contribution in [0.5, 0.6) is 0 Å². The zero-order valence-electron chi connectivity index (χ0n) is 15.8. The maximum atomic E-state index is 12.3. The third-order valence-corrected chi connectivity index (χ3v) is 5.58. The number of aliphatic hydroxyl groups is 1. The van der Waals surface area contributed by atoms with E-state index in [1.54, 1.807) is 0 Å². The first-order valence-electron chi connectivity index (χ1n) is 9.01. The van der Waals surface area contributed by atoms with Gasteiger partial charge in [-0.05, 0) is 43.3 Å². The Morgan fingerprint density at radius 3 is 2.55 bits per heavy atom. The quantitative estimate of drug-likeness (QED) is 0.0995. The molecule has 0 spiro atoms. The fourth-order valence-electron chi connectivity index (χ4n) is 2.32. The molecular weight excluding hydrogens is 416 g/mol. The van der Waals surface area contributed by atoms with Crippen molar-refractivity contribution in [1.82, 2.24) is 5.32 Å². The predicted molar refractivity (Wildman–Crippen MR) is 112 cm³/mol. The van der Waals surface area contributed by atoms with Crippen LogP contribution < -0.4 is 5.32 Å². The average Bonchev–Trinajstić information content (AvgIpc) is 2.69. The average molecular weight is 441 g/mol. The van der Waals surface area contributed by atoms with E-state index in [0.717, 1.165) is 16.7 Å². The van der Waals surface area contributed by atoms with E-state index < -0.39 is 23.4 Å². The molecular formula is C18H24N4O5S2. The van der Waals surface area contributed by atoms with Gasteiger partial charge in [-0.15, -0.1) is 0 Å². The smallest absolute Gasteiger partial charge is 0.313 e. The highest BCUT2D eigenvalue weighted by Crippen LogP contribution is 2.21. The van der Waals surface area contributed by atoms with E-state index in [1.165, 1.54) is 0 Å². The number of unbranched alkanes of at least 4 members (excludes halogenated alkanes) is 1. The van der Waals surface area contributed by atoms with Crippen LogP contribution in [-0.4, -0.2) is 51.0 Å². The van der Waals surface area contributed by atoms with Gasteiger partial charge in [0.25, 0.3) is 0 Å². The highest BCUT2D eigenvalue weighted by Gasteiger charge is 2.23. The third-order valence-electron chi connectivity index (χ3n) is 3.68. The Kier molecular flexibility index (Phi) is 12.8. The number of aliphatic hydroxyl groups excluding tert-OH is 1. The van der Waals surface area contributed by atoms with Gasteiger partial charge < -0.3 is 10.2 Å². The van der Waals surface area contributed by atoms with E-state index in [4.69, 9.17) is 10.6 Å². The highest BCUT2D eigenvalue weighted by atomic mass is 32.2. The SMILES string of the molecule is [N-]=[N+]=NCCCCC(O)N[C@@H](CCC(=O)Sc1ccccc1)C(=O)SCC(=O)O. The second-order valence-electron chi connectivity index (χ2n) is 6.01. The molecule has 0 heterocycles. The van der Waals surface area contributed by atoms with E-state index >= 15 is 0 Å². The summed E-state index contributed by atoms with van der Waals surface area (Å²) in [7, 11) is 0. The van der Waals surface area contributed by atoms with Gasteiger partial charge in [-0.2, -0.15) is 0 Å². The maximum absolute atomic E-state index is 12.3. The second-order valence-corrected chi connectivity index (χ2v) is 8.12. The van der Waals surface area contributed by atoms with Crippen molar-refractivity contribution in [3.63, 3.8) is 0 Å². The molecule has 0 aliphatic rings. The number of nitrogens with zero attached hydrogens (tertiary/aromatic N) is 3. The molecule has 1 unspecified atom stereocenters. The molecule has 1 rings (SSSR count). The molecule has 29 heavy (non-hydrogen) atoms. The van der Waals surface area contributed by atoms with Gasteiger partial charge in [0.2, 0.25) is 5.12 Å². The molecule has 1 aromatic carbocycles. The van der Waals surface area contributed by atoms with Crippen molar-refractivity contribution in [2.45, 2.75) is 49.3 Å². The van der Waals surface area contributed by atoms with Crippen LogP contribution >= 0.6 is 23.5 Å². The maximum Gasteiger partial charge on any atom is 0.313 e. The first-order valence-corrected chi connectivity index (χ1v) is 10.8. The fraction of sp³-hybridized carbons (Fsp3) is 0.500. The number of carboxylic acids is 1. The van der Waals surface area contributed by atoms with Crippen molar-refractivity contribution in [1.29, 1.82) is 0 Å². The Bertz CT molecular complexity index is 713. The molecule has 0 amide bonds. The monoisotopic (exact) mass is 440 g/mol. The molecule has 158 valence electrons. The Balaban J connectivity index is 2.55. The van der Waals surface area contributed by atoms with E-state index in [0.29, 0.717) is 37.6 Å². The van der Waals surface area contributed by atoms with Crippen LogP contribution in [0.4, 0.5) is 0 Å². The van der Waals surface area contributed by atoms with E-state index in [9.17, 15) is 19.5 Å². The summed E-state index contributed by atoms with van der Waals surface area (Å²) < 4.78 is 0. The van der Waals surface area contributed by atoms with Crippen LogP contribution in [0, 0.1) is 0 Å². The summed E-state index contributed by atoms with van der Waals surface area (Å²) >= 11 is 1.71. The van der Waals surface area contributed by atoms with Crippen molar-refractivity contribution in [2.75, 3.05) is 12.3 Å². The molecule has 0 bridgehead atoms. The van der Waals surface area contributed by atoms with Gasteiger partial charge in [-0.25, -0.2) is 0 Å². The van der Waals surface area contributed by atoms with Crippen molar-refractivity contribution in [3.8, 4) is 0 Å². The molecule has 2 atom stereocenters. The van der Waals surface area contributed by atoms with E-state index in [1.807, 2.05) is 30.3 Å². The van der Waals surface area contributed by atoms with Crippen LogP contribution in [-0.2, 0) is 14.4 Å². The topological polar surface area (TPSA) is 152 Å². The summed E-state index contributed by atoms with van der Waals surface area (Å²) in [5.74, 6) is -1.50. The number of nitrogens with one attached hydrogen (secondary N) is 1. The van der Waals surface area contributed by atoms with Gasteiger partial charge in [0, 0.05) is 22.8 Å². The lowest BCUT2D eigenvalue weighted by molar-refractivity contribution is -0.134. The zero-order valence-corrected chi connectivity index (χ0v) is 17.4. The van der Waals surface area contributed by atoms with Crippen molar-refractivity contribution >= 4 is 39.7 Å². The van der Waals surface area contributed by atoms with Gasteiger partial charge in [0.05, 0.1) is 11.8 Å². The van der Waals surface area contributed by atoms with Crippen molar-refractivity contribution < 1.29 is 24.6 Å². The normalized spacial score (nSPS) is 12.6. The Morgan fingerprint density at radius 2 is 1.90 bits per heavy atom. The summed E-state index contributed by atoms with van der Waals surface area (Å²) in [5, 5.41) is 24.5. The number of thioether (sulfide) groups is 2. The number of hydrogen-bond donors (Lipinski definition) is 3. The molecule has 0 radical (unpaired) electrons. The Morgan fingerprint density at radius 1 is 1.17 bits per heavy atom. The van der Waals surface area contributed by atoms with Gasteiger partial charge in [0.1, 0.15) is 6.23 Å². The van der Waals surface area contributed by atoms with E-state index in [-0.39, 0.29) is 23.7 Å². The van der Waals surface area contributed by atoms with Crippen molar-refractivity contribution in [3.05, 3.63) is 40.8 Å². The predicted octanol–water partition coefficient (Wildman–Crippen LogP) is 3.19. The Hall–Kier alpha value is -2.04. The molecule has 0 aliphatic carbocycles. The molecule has 1 aromatic rings. The number of aliphatic carboxylic acids is 1. The number of carbonyl (C=O) groups is 3. The zero-order chi connectivity index (χ0) is 21.5. The minimum absolute atomic E-state index is 0.0974. The summed E-state index contributed by atoms with van der Waals surface area (Å²) in [6.07, 6.45) is 0.777. The van der Waals surface area contributed by atoms with Crippen LogP contribution in [0.2, 0.25) is 0 Å². The standard InChI is InChI=1S/C18H24N4O5S2/c19-22-20-11-5-4-8-15(23)21-14(18(27)28-12-16(24)25)9-10-17(26)29-13-6-2-1-3-7-13/h1-3,6-7,14-15,21,23H,4-5,8-12H2,(H,24,25)/t14-,15?/m0/s1. The third kappa shape index (κ3) is 12.2. The lowest BCUT2D eigenvalue weighted by atomic mass is 10.1. The van der Waals surface area contributed by atoms with Gasteiger partial charge in [-0.3, -0.25) is 19.7 Å². The van der Waals surface area contributed by atoms with Crippen molar-refractivity contribution in [2.24, 2.45) is 5.11 Å². The summed E-state index contributed by atoms with van der Waals surface area (Å²) in [5.41, 5.74) is 8.23. The molecule has 0 aliphatic heterocycles. The van der Waals surface area contributed by atoms with E-state index in [2.05, 4.69) is 15.3 Å². The van der Waals surface area contributed by atoms with Crippen LogP contribution in [0.25, 0.3) is 10.4 Å². The minimum atomic E-state index is -1.11. The summed E-state index contributed by atoms with van der Waals surface area (Å²) in [6, 6.07) is 8.28. The van der Waals surface area contributed by atoms with Crippen LogP contribution in [0.3, 0.4) is 0 Å². The number of rotatable bonds is 14. The molecule has 0 saturated heterocycles. The van der Waals surface area contributed by atoms with Gasteiger partial charge in [0.15, 0.2) is 5.12 Å². The molecule has 0 saturated carbocycles. The summed E-state index contributed by atoms with van der Waals surface area (Å²) in [6.45, 7) is 0.325. The summed E-state index contributed by atoms with van der Waals surface area (Å²) in [4.78, 5) is 38.7. The number of hydrogen-bond acceptors (Lipinski definition) is 8. The first-order chi connectivity index (χ1) is 13.9. The van der Waals surface area contributed by atoms with Gasteiger partial charge in [-0.1, -0.05) is 46.8 Å². The minimum Gasteiger partial charge on any atom is -0.481 e. The second kappa shape index (κ2) is 14.9. The Labute approximate surface area is 177 Å². The molecule has 9 nitrogen and oxygen atoms in total. The lowest BCUT2D eigenvalue weighted by Crippen LogP contribution is -2.42. The molecule has 11 heteroatoms. The number of carboxylic acid groups (broad SMARTS) is 1. The molecule has 0 fully saturated rings. The van der Waals surface area contributed by atoms with Crippen LogP contribution in [0.15, 0.2) is 40.3 Å². The first kappa shape index (κ1) is 25.0. The number of azide groups is 1. The largest absolute Gasteiger partial charge is 0.481 e. The number of carbonyl (C=O) groups excluding carboxylic acids is 2.